The number of carbonyl (C=O) groups excluding carboxylic acids is 1. The van der Waals surface area contributed by atoms with Crippen molar-refractivity contribution in [1.82, 2.24) is 4.90 Å². The molecule has 0 aliphatic carbocycles. The number of rotatable bonds is 3. The van der Waals surface area contributed by atoms with E-state index in [1.807, 2.05) is 18.7 Å². The van der Waals surface area contributed by atoms with Crippen LogP contribution in [0.5, 0.6) is 0 Å². The van der Waals surface area contributed by atoms with Gasteiger partial charge in [0.2, 0.25) is 5.91 Å². The van der Waals surface area contributed by atoms with Crippen LogP contribution in [0.25, 0.3) is 0 Å². The van der Waals surface area contributed by atoms with Crippen LogP contribution >= 0.6 is 0 Å². The van der Waals surface area contributed by atoms with Crippen LogP contribution in [-0.2, 0) is 9.53 Å². The highest BCUT2D eigenvalue weighted by Gasteiger charge is 2.26. The second kappa shape index (κ2) is 5.32. The standard InChI is InChI=1S/C10H20N2O2/c1-3-4-9(11)10(13)12-5-6-14-7-8(12)2/h8-9H,3-7,11H2,1-2H3/t8-,9-/m1/s1. The zero-order chi connectivity index (χ0) is 10.6. The summed E-state index contributed by atoms with van der Waals surface area (Å²) in [6.07, 6.45) is 1.72. The quantitative estimate of drug-likeness (QED) is 0.715. The lowest BCUT2D eigenvalue weighted by atomic mass is 10.1. The molecule has 4 nitrogen and oxygen atoms in total. The Bertz CT molecular complexity index is 197. The van der Waals surface area contributed by atoms with E-state index in [4.69, 9.17) is 10.5 Å². The van der Waals surface area contributed by atoms with Crippen molar-refractivity contribution in [2.24, 2.45) is 5.73 Å². The Balaban J connectivity index is 2.49. The van der Waals surface area contributed by atoms with Gasteiger partial charge in [0.1, 0.15) is 0 Å². The van der Waals surface area contributed by atoms with Gasteiger partial charge in [0.05, 0.1) is 25.3 Å². The molecule has 0 aromatic rings. The summed E-state index contributed by atoms with van der Waals surface area (Å²) in [4.78, 5) is 13.7. The number of carbonyl (C=O) groups is 1. The van der Waals surface area contributed by atoms with Gasteiger partial charge in [0.15, 0.2) is 0 Å². The summed E-state index contributed by atoms with van der Waals surface area (Å²) in [5, 5.41) is 0. The number of nitrogens with zero attached hydrogens (tertiary/aromatic N) is 1. The molecule has 4 heteroatoms. The van der Waals surface area contributed by atoms with Gasteiger partial charge < -0.3 is 15.4 Å². The van der Waals surface area contributed by atoms with E-state index in [0.29, 0.717) is 19.8 Å². The summed E-state index contributed by atoms with van der Waals surface area (Å²) in [5.41, 5.74) is 5.79. The average Bonchev–Trinajstić information content (AvgIpc) is 2.18. The number of morpholine rings is 1. The van der Waals surface area contributed by atoms with Gasteiger partial charge in [-0.2, -0.15) is 0 Å². The fourth-order valence-electron chi connectivity index (χ4n) is 1.70. The maximum atomic E-state index is 11.8. The van der Waals surface area contributed by atoms with Crippen molar-refractivity contribution in [2.45, 2.75) is 38.8 Å². The highest BCUT2D eigenvalue weighted by Crippen LogP contribution is 2.09. The van der Waals surface area contributed by atoms with E-state index < -0.39 is 0 Å². The average molecular weight is 200 g/mol. The van der Waals surface area contributed by atoms with Crippen LogP contribution < -0.4 is 5.73 Å². The van der Waals surface area contributed by atoms with Crippen LogP contribution in [0.4, 0.5) is 0 Å². The van der Waals surface area contributed by atoms with Gasteiger partial charge in [-0.15, -0.1) is 0 Å². The molecule has 0 unspecified atom stereocenters. The minimum absolute atomic E-state index is 0.0719. The first-order chi connectivity index (χ1) is 6.66. The molecule has 1 heterocycles. The molecular weight excluding hydrogens is 180 g/mol. The number of amides is 1. The van der Waals surface area contributed by atoms with E-state index >= 15 is 0 Å². The molecule has 2 atom stereocenters. The van der Waals surface area contributed by atoms with E-state index in [9.17, 15) is 4.79 Å². The number of hydrogen-bond acceptors (Lipinski definition) is 3. The third kappa shape index (κ3) is 2.69. The predicted octanol–water partition coefficient (Wildman–Crippen LogP) is 0.361. The van der Waals surface area contributed by atoms with Crippen molar-refractivity contribution in [3.63, 3.8) is 0 Å². The second-order valence-electron chi connectivity index (χ2n) is 3.85. The Morgan fingerprint density at radius 1 is 1.71 bits per heavy atom. The molecule has 1 aliphatic heterocycles. The Morgan fingerprint density at radius 3 is 3.00 bits per heavy atom. The van der Waals surface area contributed by atoms with Crippen molar-refractivity contribution in [3.8, 4) is 0 Å². The molecule has 0 spiro atoms. The van der Waals surface area contributed by atoms with Crippen LogP contribution in [0.1, 0.15) is 26.7 Å². The minimum Gasteiger partial charge on any atom is -0.377 e. The molecule has 1 fully saturated rings. The minimum atomic E-state index is -0.333. The Morgan fingerprint density at radius 2 is 2.43 bits per heavy atom. The summed E-state index contributed by atoms with van der Waals surface area (Å²) >= 11 is 0. The van der Waals surface area contributed by atoms with Gasteiger partial charge in [0.25, 0.3) is 0 Å². The molecule has 82 valence electrons. The van der Waals surface area contributed by atoms with Crippen LogP contribution in [0, 0.1) is 0 Å². The lowest BCUT2D eigenvalue weighted by molar-refractivity contribution is -0.140. The lowest BCUT2D eigenvalue weighted by Crippen LogP contribution is -2.52. The molecule has 0 aromatic carbocycles. The maximum absolute atomic E-state index is 11.8. The van der Waals surface area contributed by atoms with Gasteiger partial charge >= 0.3 is 0 Å². The summed E-state index contributed by atoms with van der Waals surface area (Å²) in [7, 11) is 0. The van der Waals surface area contributed by atoms with E-state index in [0.717, 1.165) is 12.8 Å². The van der Waals surface area contributed by atoms with Crippen molar-refractivity contribution in [3.05, 3.63) is 0 Å². The van der Waals surface area contributed by atoms with Crippen molar-refractivity contribution in [1.29, 1.82) is 0 Å². The normalized spacial score (nSPS) is 24.8. The highest BCUT2D eigenvalue weighted by molar-refractivity contribution is 5.82. The van der Waals surface area contributed by atoms with Gasteiger partial charge in [-0.1, -0.05) is 13.3 Å². The molecule has 0 bridgehead atoms. The summed E-state index contributed by atoms with van der Waals surface area (Å²) in [6.45, 7) is 5.97. The lowest BCUT2D eigenvalue weighted by Gasteiger charge is -2.34. The van der Waals surface area contributed by atoms with Crippen LogP contribution in [0.15, 0.2) is 0 Å². The smallest absolute Gasteiger partial charge is 0.239 e. The SMILES string of the molecule is CCC[C@@H](N)C(=O)N1CCOC[C@H]1C. The fourth-order valence-corrected chi connectivity index (χ4v) is 1.70. The maximum Gasteiger partial charge on any atom is 0.239 e. The third-order valence-corrected chi connectivity index (χ3v) is 2.57. The van der Waals surface area contributed by atoms with E-state index in [2.05, 4.69) is 0 Å². The molecule has 1 saturated heterocycles. The molecule has 1 rings (SSSR count). The van der Waals surface area contributed by atoms with Crippen LogP contribution in [0.3, 0.4) is 0 Å². The van der Waals surface area contributed by atoms with Gasteiger partial charge in [-0.3, -0.25) is 4.79 Å². The van der Waals surface area contributed by atoms with Gasteiger partial charge in [0, 0.05) is 6.54 Å². The first kappa shape index (κ1) is 11.5. The number of hydrogen-bond donors (Lipinski definition) is 1. The van der Waals surface area contributed by atoms with Crippen molar-refractivity contribution >= 4 is 5.91 Å². The second-order valence-corrected chi connectivity index (χ2v) is 3.85. The highest BCUT2D eigenvalue weighted by atomic mass is 16.5. The molecule has 0 radical (unpaired) electrons. The predicted molar refractivity (Wildman–Crippen MR) is 54.9 cm³/mol. The molecule has 14 heavy (non-hydrogen) atoms. The molecule has 0 saturated carbocycles. The summed E-state index contributed by atoms with van der Waals surface area (Å²) < 4.78 is 5.27. The zero-order valence-corrected chi connectivity index (χ0v) is 9.03. The molecule has 2 N–H and O–H groups in total. The van der Waals surface area contributed by atoms with E-state index in [-0.39, 0.29) is 18.0 Å². The number of ether oxygens (including phenoxy) is 1. The zero-order valence-electron chi connectivity index (χ0n) is 9.03. The summed E-state index contributed by atoms with van der Waals surface area (Å²) in [5.74, 6) is 0.0719. The van der Waals surface area contributed by atoms with Gasteiger partial charge in [-0.25, -0.2) is 0 Å². The largest absolute Gasteiger partial charge is 0.377 e. The molecular formula is C10H20N2O2. The van der Waals surface area contributed by atoms with Crippen LogP contribution in [0.2, 0.25) is 0 Å². The van der Waals surface area contributed by atoms with Crippen molar-refractivity contribution in [2.75, 3.05) is 19.8 Å². The monoisotopic (exact) mass is 200 g/mol. The fraction of sp³-hybridized carbons (Fsp3) is 0.900. The van der Waals surface area contributed by atoms with E-state index in [1.54, 1.807) is 0 Å². The molecule has 1 amide bonds. The van der Waals surface area contributed by atoms with Crippen LogP contribution in [-0.4, -0.2) is 42.6 Å². The van der Waals surface area contributed by atoms with Crippen molar-refractivity contribution < 1.29 is 9.53 Å². The number of nitrogens with two attached hydrogens (primary N) is 1. The first-order valence-corrected chi connectivity index (χ1v) is 5.30. The Kier molecular flexibility index (Phi) is 4.35. The summed E-state index contributed by atoms with van der Waals surface area (Å²) in [6, 6.07) is -0.167. The Labute approximate surface area is 85.4 Å². The topological polar surface area (TPSA) is 55.6 Å². The van der Waals surface area contributed by atoms with E-state index in [1.165, 1.54) is 0 Å². The Hall–Kier alpha value is -0.610. The third-order valence-electron chi connectivity index (χ3n) is 2.57. The molecule has 1 aliphatic rings. The first-order valence-electron chi connectivity index (χ1n) is 5.30. The molecule has 0 aromatic heterocycles. The van der Waals surface area contributed by atoms with Gasteiger partial charge in [-0.05, 0) is 13.3 Å².